The van der Waals surface area contributed by atoms with Gasteiger partial charge in [-0.3, -0.25) is 0 Å². The second-order valence-electron chi connectivity index (χ2n) is 6.66. The predicted octanol–water partition coefficient (Wildman–Crippen LogP) is 2.63. The number of nitrogens with zero attached hydrogens (tertiary/aromatic N) is 1. The molecule has 6 unspecified atom stereocenters. The van der Waals surface area contributed by atoms with Crippen LogP contribution in [0.5, 0.6) is 0 Å². The van der Waals surface area contributed by atoms with E-state index in [1.54, 1.807) is 0 Å². The second kappa shape index (κ2) is 4.51. The number of hydrogen-bond acceptors (Lipinski definition) is 3. The number of rotatable bonds is 2. The summed E-state index contributed by atoms with van der Waals surface area (Å²) in [4.78, 5) is 0. The Morgan fingerprint density at radius 3 is 2.72 bits per heavy atom. The van der Waals surface area contributed by atoms with Gasteiger partial charge in [-0.05, 0) is 43.9 Å². The van der Waals surface area contributed by atoms with Crippen LogP contribution in [0.25, 0.3) is 0 Å². The van der Waals surface area contributed by atoms with Gasteiger partial charge in [-0.2, -0.15) is 5.26 Å². The zero-order valence-corrected chi connectivity index (χ0v) is 11.1. The molecule has 3 fully saturated rings. The summed E-state index contributed by atoms with van der Waals surface area (Å²) < 4.78 is 5.84. The molecule has 3 rings (SSSR count). The van der Waals surface area contributed by atoms with Crippen molar-refractivity contribution < 1.29 is 9.84 Å². The Morgan fingerprint density at radius 2 is 2.17 bits per heavy atom. The van der Waals surface area contributed by atoms with Gasteiger partial charge in [0.15, 0.2) is 0 Å². The Balaban J connectivity index is 1.78. The first-order valence-corrected chi connectivity index (χ1v) is 7.40. The Bertz CT molecular complexity index is 364. The largest absolute Gasteiger partial charge is 0.391 e. The summed E-state index contributed by atoms with van der Waals surface area (Å²) in [6.45, 7) is 2.26. The van der Waals surface area contributed by atoms with Crippen molar-refractivity contribution >= 4 is 0 Å². The molecule has 1 saturated carbocycles. The van der Waals surface area contributed by atoms with Gasteiger partial charge >= 0.3 is 0 Å². The first kappa shape index (κ1) is 12.4. The maximum atomic E-state index is 10.8. The van der Waals surface area contributed by atoms with Crippen molar-refractivity contribution in [3.63, 3.8) is 0 Å². The van der Waals surface area contributed by atoms with Gasteiger partial charge in [0.05, 0.1) is 24.4 Å². The van der Waals surface area contributed by atoms with Crippen molar-refractivity contribution in [2.75, 3.05) is 0 Å². The van der Waals surface area contributed by atoms with Crippen molar-refractivity contribution in [3.8, 4) is 6.07 Å². The minimum atomic E-state index is -0.607. The summed E-state index contributed by atoms with van der Waals surface area (Å²) in [6.07, 6.45) is 7.11. The third-order valence-electron chi connectivity index (χ3n) is 5.41. The number of hydrogen-bond donors (Lipinski definition) is 1. The molecule has 0 aromatic rings. The molecule has 2 heterocycles. The summed E-state index contributed by atoms with van der Waals surface area (Å²) in [5.74, 6) is 0.991. The van der Waals surface area contributed by atoms with Crippen LogP contribution < -0.4 is 0 Å². The fraction of sp³-hybridized carbons (Fsp3) is 0.933. The Morgan fingerprint density at radius 1 is 1.33 bits per heavy atom. The van der Waals surface area contributed by atoms with Crippen molar-refractivity contribution in [1.82, 2.24) is 0 Å². The van der Waals surface area contributed by atoms with Crippen LogP contribution >= 0.6 is 0 Å². The zero-order valence-electron chi connectivity index (χ0n) is 11.1. The minimum Gasteiger partial charge on any atom is -0.391 e. The van der Waals surface area contributed by atoms with Crippen LogP contribution in [-0.2, 0) is 4.74 Å². The molecule has 1 N–H and O–H groups in total. The van der Waals surface area contributed by atoms with Crippen LogP contribution in [0, 0.1) is 28.6 Å². The SMILES string of the molecule is CC1CCCC(C(O)C2(C#N)CC3CCC2O3)C1. The lowest BCUT2D eigenvalue weighted by Gasteiger charge is -2.40. The van der Waals surface area contributed by atoms with E-state index in [0.29, 0.717) is 11.8 Å². The van der Waals surface area contributed by atoms with E-state index >= 15 is 0 Å². The average Bonchev–Trinajstić information content (AvgIpc) is 2.98. The van der Waals surface area contributed by atoms with Crippen molar-refractivity contribution in [2.24, 2.45) is 17.3 Å². The second-order valence-corrected chi connectivity index (χ2v) is 6.66. The monoisotopic (exact) mass is 249 g/mol. The molecule has 0 radical (unpaired) electrons. The van der Waals surface area contributed by atoms with Gasteiger partial charge in [0, 0.05) is 0 Å². The smallest absolute Gasteiger partial charge is 0.112 e. The highest BCUT2D eigenvalue weighted by molar-refractivity contribution is 5.16. The number of aliphatic hydroxyl groups excluding tert-OH is 1. The van der Waals surface area contributed by atoms with E-state index in [1.165, 1.54) is 12.8 Å². The molecule has 0 aromatic carbocycles. The summed E-state index contributed by atoms with van der Waals surface area (Å²) >= 11 is 0. The third kappa shape index (κ3) is 1.78. The summed E-state index contributed by atoms with van der Waals surface area (Å²) in [6, 6.07) is 2.45. The molecular weight excluding hydrogens is 226 g/mol. The van der Waals surface area contributed by atoms with E-state index in [1.807, 2.05) is 0 Å². The highest BCUT2D eigenvalue weighted by atomic mass is 16.5. The van der Waals surface area contributed by atoms with Crippen molar-refractivity contribution in [2.45, 2.75) is 70.2 Å². The van der Waals surface area contributed by atoms with E-state index in [4.69, 9.17) is 4.74 Å². The van der Waals surface area contributed by atoms with Gasteiger partial charge in [0.25, 0.3) is 0 Å². The fourth-order valence-electron chi connectivity index (χ4n) is 4.43. The molecule has 2 bridgehead atoms. The zero-order chi connectivity index (χ0) is 12.8. The average molecular weight is 249 g/mol. The van der Waals surface area contributed by atoms with Gasteiger partial charge in [-0.25, -0.2) is 0 Å². The highest BCUT2D eigenvalue weighted by Crippen LogP contribution is 2.52. The third-order valence-corrected chi connectivity index (χ3v) is 5.41. The lowest BCUT2D eigenvalue weighted by atomic mass is 9.64. The molecule has 2 aliphatic heterocycles. The number of ether oxygens (including phenoxy) is 1. The summed E-state index contributed by atoms with van der Waals surface area (Å²) in [7, 11) is 0. The van der Waals surface area contributed by atoms with E-state index < -0.39 is 11.5 Å². The normalized spacial score (nSPS) is 48.9. The van der Waals surface area contributed by atoms with Gasteiger partial charge in [-0.15, -0.1) is 0 Å². The lowest BCUT2D eigenvalue weighted by molar-refractivity contribution is -0.0415. The lowest BCUT2D eigenvalue weighted by Crippen LogP contribution is -2.47. The maximum Gasteiger partial charge on any atom is 0.112 e. The molecule has 1 aliphatic carbocycles. The number of aliphatic hydroxyl groups is 1. The summed E-state index contributed by atoms with van der Waals surface area (Å²) in [5.41, 5.74) is -0.607. The van der Waals surface area contributed by atoms with Crippen LogP contribution in [-0.4, -0.2) is 23.4 Å². The van der Waals surface area contributed by atoms with Crippen LogP contribution in [0.4, 0.5) is 0 Å². The number of fused-ring (bicyclic) bond motifs is 2. The Labute approximate surface area is 109 Å². The van der Waals surface area contributed by atoms with E-state index in [-0.39, 0.29) is 12.2 Å². The number of nitriles is 1. The van der Waals surface area contributed by atoms with Gasteiger partial charge < -0.3 is 9.84 Å². The van der Waals surface area contributed by atoms with Crippen molar-refractivity contribution in [1.29, 1.82) is 5.26 Å². The molecule has 0 amide bonds. The quantitative estimate of drug-likeness (QED) is 0.818. The molecule has 3 heteroatoms. The highest BCUT2D eigenvalue weighted by Gasteiger charge is 2.58. The van der Waals surface area contributed by atoms with Crippen LogP contribution in [0.15, 0.2) is 0 Å². The molecule has 2 saturated heterocycles. The van der Waals surface area contributed by atoms with Crippen LogP contribution in [0.3, 0.4) is 0 Å². The first-order valence-electron chi connectivity index (χ1n) is 7.40. The predicted molar refractivity (Wildman–Crippen MR) is 67.7 cm³/mol. The minimum absolute atomic E-state index is 0.0141. The molecule has 18 heavy (non-hydrogen) atoms. The fourth-order valence-corrected chi connectivity index (χ4v) is 4.43. The first-order chi connectivity index (χ1) is 8.65. The van der Waals surface area contributed by atoms with E-state index in [0.717, 1.165) is 32.1 Å². The molecule has 100 valence electrons. The molecule has 0 spiro atoms. The topological polar surface area (TPSA) is 53.2 Å². The molecule has 3 aliphatic rings. The molecule has 3 nitrogen and oxygen atoms in total. The van der Waals surface area contributed by atoms with E-state index in [2.05, 4.69) is 13.0 Å². The maximum absolute atomic E-state index is 10.8. The van der Waals surface area contributed by atoms with Crippen LogP contribution in [0.1, 0.15) is 51.9 Å². The standard InChI is InChI=1S/C15H23NO2/c1-10-3-2-4-11(7-10)14(17)15(9-16)8-12-5-6-13(15)18-12/h10-14,17H,2-8H2,1H3. The van der Waals surface area contributed by atoms with E-state index in [9.17, 15) is 10.4 Å². The van der Waals surface area contributed by atoms with Gasteiger partial charge in [0.1, 0.15) is 5.41 Å². The van der Waals surface area contributed by atoms with Crippen molar-refractivity contribution in [3.05, 3.63) is 0 Å². The molecule has 6 atom stereocenters. The van der Waals surface area contributed by atoms with Crippen LogP contribution in [0.2, 0.25) is 0 Å². The van der Waals surface area contributed by atoms with Gasteiger partial charge in [-0.1, -0.05) is 19.8 Å². The summed E-state index contributed by atoms with van der Waals surface area (Å²) in [5, 5.41) is 20.4. The molecule has 0 aromatic heterocycles. The van der Waals surface area contributed by atoms with Gasteiger partial charge in [0.2, 0.25) is 0 Å². The Kier molecular flexibility index (Phi) is 3.11. The molecular formula is C15H23NO2. The Hall–Kier alpha value is -0.590.